The van der Waals surface area contributed by atoms with E-state index in [1.807, 2.05) is 6.92 Å². The Morgan fingerprint density at radius 3 is 2.60 bits per heavy atom. The molecule has 2 atom stereocenters. The number of piperazine rings is 1. The number of amides is 2. The van der Waals surface area contributed by atoms with Crippen LogP contribution in [0.15, 0.2) is 46.8 Å². The van der Waals surface area contributed by atoms with Gasteiger partial charge in [-0.1, -0.05) is 6.58 Å². The van der Waals surface area contributed by atoms with Crippen LogP contribution >= 0.6 is 11.8 Å². The zero-order valence-electron chi connectivity index (χ0n) is 23.5. The van der Waals surface area contributed by atoms with Gasteiger partial charge in [-0.3, -0.25) is 14.6 Å². The van der Waals surface area contributed by atoms with E-state index in [4.69, 9.17) is 14.5 Å². The zero-order chi connectivity index (χ0) is 31.3. The SMILES string of the molecule is C=CC(=O)N1CCN(C2=NC(COCCOC)CSc3c(NC=O)c2cc(C(F)(F)F)c3-c2ccc(F)cc2F)C(C)C1. The zero-order valence-corrected chi connectivity index (χ0v) is 24.4. The molecule has 43 heavy (non-hydrogen) atoms. The van der Waals surface area contributed by atoms with Crippen molar-refractivity contribution in [2.75, 3.05) is 57.6 Å². The Balaban J connectivity index is 1.95. The standard InChI is InChI=1S/C29H31F5N4O4S/c1-4-24(40)37-7-8-38(17(2)13-37)28-21-12-22(29(32,33)34)25(20-6-5-18(30)11-23(20)31)27(26(21)35-16-39)43-15-19(36-28)14-42-10-9-41-3/h4-6,11-12,16-17,19H,1,7-10,13-15H2,2-3H3,(H,35,39). The second kappa shape index (κ2) is 13.9. The van der Waals surface area contributed by atoms with Crippen molar-refractivity contribution in [1.82, 2.24) is 9.80 Å². The Morgan fingerprint density at radius 2 is 1.98 bits per heavy atom. The predicted molar refractivity (Wildman–Crippen MR) is 153 cm³/mol. The van der Waals surface area contributed by atoms with E-state index in [0.29, 0.717) is 19.1 Å². The van der Waals surface area contributed by atoms with Crippen molar-refractivity contribution >= 4 is 35.6 Å². The molecule has 0 aliphatic carbocycles. The number of nitrogens with one attached hydrogen (secondary N) is 1. The lowest BCUT2D eigenvalue weighted by molar-refractivity contribution is -0.137. The summed E-state index contributed by atoms with van der Waals surface area (Å²) in [7, 11) is 1.52. The first-order valence-electron chi connectivity index (χ1n) is 13.4. The molecule has 232 valence electrons. The van der Waals surface area contributed by atoms with Gasteiger partial charge < -0.3 is 24.6 Å². The summed E-state index contributed by atoms with van der Waals surface area (Å²) in [6.45, 7) is 6.76. The van der Waals surface area contributed by atoms with E-state index in [9.17, 15) is 27.2 Å². The number of anilines is 1. The fourth-order valence-corrected chi connectivity index (χ4v) is 6.31. The molecule has 0 aromatic heterocycles. The summed E-state index contributed by atoms with van der Waals surface area (Å²) < 4.78 is 83.8. The molecule has 0 radical (unpaired) electrons. The minimum Gasteiger partial charge on any atom is -0.382 e. The average molecular weight is 627 g/mol. The number of alkyl halides is 3. The van der Waals surface area contributed by atoms with Crippen LogP contribution in [0.5, 0.6) is 0 Å². The lowest BCUT2D eigenvalue weighted by Gasteiger charge is -2.42. The van der Waals surface area contributed by atoms with Crippen LogP contribution in [0, 0.1) is 11.6 Å². The summed E-state index contributed by atoms with van der Waals surface area (Å²) >= 11 is 0.963. The van der Waals surface area contributed by atoms with E-state index in [1.165, 1.54) is 13.2 Å². The normalized spacial score (nSPS) is 18.9. The fourth-order valence-electron chi connectivity index (χ4n) is 5.10. The van der Waals surface area contributed by atoms with Crippen LogP contribution in [0.4, 0.5) is 27.6 Å². The van der Waals surface area contributed by atoms with Gasteiger partial charge >= 0.3 is 6.18 Å². The Morgan fingerprint density at radius 1 is 1.21 bits per heavy atom. The van der Waals surface area contributed by atoms with Crippen molar-refractivity contribution in [3.8, 4) is 11.1 Å². The number of rotatable bonds is 9. The van der Waals surface area contributed by atoms with Gasteiger partial charge in [0, 0.05) is 66.2 Å². The fraction of sp³-hybridized carbons (Fsp3) is 0.414. The molecule has 2 heterocycles. The van der Waals surface area contributed by atoms with Crippen molar-refractivity contribution in [2.24, 2.45) is 4.99 Å². The van der Waals surface area contributed by atoms with Gasteiger partial charge in [0.2, 0.25) is 12.3 Å². The number of hydrogen-bond acceptors (Lipinski definition) is 7. The molecule has 1 saturated heterocycles. The molecule has 1 fully saturated rings. The number of fused-ring (bicyclic) bond motifs is 2. The van der Waals surface area contributed by atoms with E-state index in [2.05, 4.69) is 11.9 Å². The lowest BCUT2D eigenvalue weighted by atomic mass is 9.93. The van der Waals surface area contributed by atoms with Crippen LogP contribution in [0.25, 0.3) is 11.1 Å². The molecule has 2 aliphatic heterocycles. The first-order chi connectivity index (χ1) is 20.5. The summed E-state index contributed by atoms with van der Waals surface area (Å²) in [5.41, 5.74) is -2.15. The van der Waals surface area contributed by atoms with Crippen molar-refractivity contribution in [3.63, 3.8) is 0 Å². The van der Waals surface area contributed by atoms with Crippen LogP contribution in [0.2, 0.25) is 0 Å². The number of benzene rings is 2. The van der Waals surface area contributed by atoms with Crippen molar-refractivity contribution < 1.29 is 41.0 Å². The number of aliphatic imine (C=N–C) groups is 1. The molecule has 14 heteroatoms. The largest absolute Gasteiger partial charge is 0.417 e. The first kappa shape index (κ1) is 32.4. The molecule has 2 amide bonds. The molecular weight excluding hydrogens is 595 g/mol. The maximum absolute atomic E-state index is 15.1. The highest BCUT2D eigenvalue weighted by Crippen LogP contribution is 2.49. The highest BCUT2D eigenvalue weighted by molar-refractivity contribution is 7.99. The summed E-state index contributed by atoms with van der Waals surface area (Å²) in [6.07, 6.45) is -3.43. The van der Waals surface area contributed by atoms with Gasteiger partial charge in [0.25, 0.3) is 0 Å². The maximum Gasteiger partial charge on any atom is 0.417 e. The summed E-state index contributed by atoms with van der Waals surface area (Å²) in [4.78, 5) is 32.3. The van der Waals surface area contributed by atoms with E-state index in [1.54, 1.807) is 9.80 Å². The predicted octanol–water partition coefficient (Wildman–Crippen LogP) is 4.82. The van der Waals surface area contributed by atoms with Gasteiger partial charge in [-0.2, -0.15) is 13.2 Å². The second-order valence-corrected chi connectivity index (χ2v) is 11.0. The first-order valence-corrected chi connectivity index (χ1v) is 14.4. The molecule has 2 aromatic rings. The van der Waals surface area contributed by atoms with Gasteiger partial charge in [-0.15, -0.1) is 11.8 Å². The van der Waals surface area contributed by atoms with Gasteiger partial charge in [0.05, 0.1) is 37.1 Å². The van der Waals surface area contributed by atoms with E-state index in [0.717, 1.165) is 30.0 Å². The van der Waals surface area contributed by atoms with E-state index < -0.39 is 40.5 Å². The highest BCUT2D eigenvalue weighted by Gasteiger charge is 2.40. The van der Waals surface area contributed by atoms with Crippen LogP contribution < -0.4 is 5.32 Å². The molecule has 2 unspecified atom stereocenters. The summed E-state index contributed by atoms with van der Waals surface area (Å²) in [5, 5.41) is 2.53. The molecule has 2 aliphatic rings. The smallest absolute Gasteiger partial charge is 0.382 e. The number of nitrogens with zero attached hydrogens (tertiary/aromatic N) is 3. The molecule has 0 saturated carbocycles. The van der Waals surface area contributed by atoms with Crippen LogP contribution in [-0.2, 0) is 25.2 Å². The molecule has 2 aromatic carbocycles. The van der Waals surface area contributed by atoms with Gasteiger partial charge in [0.15, 0.2) is 0 Å². The monoisotopic (exact) mass is 626 g/mol. The number of hydrogen-bond donors (Lipinski definition) is 1. The van der Waals surface area contributed by atoms with Gasteiger partial charge in [0.1, 0.15) is 17.5 Å². The Bertz CT molecular complexity index is 1400. The van der Waals surface area contributed by atoms with E-state index >= 15 is 4.39 Å². The summed E-state index contributed by atoms with van der Waals surface area (Å²) in [6, 6.07) is 2.25. The quantitative estimate of drug-likeness (QED) is 0.186. The number of amidine groups is 1. The molecular formula is C29H31F5N4O4S. The third kappa shape index (κ3) is 7.19. The van der Waals surface area contributed by atoms with Crippen LogP contribution in [0.1, 0.15) is 18.1 Å². The average Bonchev–Trinajstić information content (AvgIpc) is 2.95. The topological polar surface area (TPSA) is 83.5 Å². The molecule has 1 N–H and O–H groups in total. The minimum absolute atomic E-state index is 0.0148. The lowest BCUT2D eigenvalue weighted by Crippen LogP contribution is -2.55. The van der Waals surface area contributed by atoms with Gasteiger partial charge in [-0.05, 0) is 31.2 Å². The van der Waals surface area contributed by atoms with Crippen LogP contribution in [0.3, 0.4) is 0 Å². The number of carbonyl (C=O) groups is 2. The number of methoxy groups -OCH3 is 1. The van der Waals surface area contributed by atoms with Gasteiger partial charge in [-0.25, -0.2) is 8.78 Å². The Labute approximate surface area is 249 Å². The maximum atomic E-state index is 15.1. The second-order valence-electron chi connectivity index (χ2n) is 9.95. The number of carbonyl (C=O) groups excluding carboxylic acids is 2. The Hall–Kier alpha value is -3.49. The van der Waals surface area contributed by atoms with Crippen molar-refractivity contribution in [3.05, 3.63) is 59.7 Å². The minimum atomic E-state index is -4.95. The number of ether oxygens (including phenoxy) is 2. The number of thioether (sulfide) groups is 1. The number of halogens is 5. The third-order valence-electron chi connectivity index (χ3n) is 7.08. The van der Waals surface area contributed by atoms with Crippen molar-refractivity contribution in [1.29, 1.82) is 0 Å². The third-order valence-corrected chi connectivity index (χ3v) is 8.33. The Kier molecular flexibility index (Phi) is 10.5. The highest BCUT2D eigenvalue weighted by atomic mass is 32.2. The molecule has 0 spiro atoms. The molecule has 2 bridgehead atoms. The molecule has 8 nitrogen and oxygen atoms in total. The molecule has 4 rings (SSSR count). The van der Waals surface area contributed by atoms with E-state index in [-0.39, 0.29) is 72.5 Å². The van der Waals surface area contributed by atoms with Crippen LogP contribution in [-0.4, -0.2) is 92.4 Å². The summed E-state index contributed by atoms with van der Waals surface area (Å²) in [5.74, 6) is -2.12. The van der Waals surface area contributed by atoms with Crippen molar-refractivity contribution in [2.45, 2.75) is 30.1 Å².